The van der Waals surface area contributed by atoms with Crippen molar-refractivity contribution in [2.75, 3.05) is 20.8 Å². The zero-order valence-corrected chi connectivity index (χ0v) is 20.0. The predicted molar refractivity (Wildman–Crippen MR) is 135 cm³/mol. The highest BCUT2D eigenvalue weighted by Crippen LogP contribution is 2.22. The molecule has 0 spiro atoms. The van der Waals surface area contributed by atoms with Gasteiger partial charge in [0.25, 0.3) is 5.91 Å². The Kier molecular flexibility index (Phi) is 9.04. The first-order chi connectivity index (χ1) is 16.5. The van der Waals surface area contributed by atoms with E-state index in [1.807, 2.05) is 79.7 Å². The molecule has 0 aliphatic heterocycles. The first-order valence-electron chi connectivity index (χ1n) is 11.3. The van der Waals surface area contributed by atoms with Crippen LogP contribution in [0.5, 0.6) is 5.75 Å². The molecule has 0 saturated carbocycles. The van der Waals surface area contributed by atoms with Crippen molar-refractivity contribution in [3.63, 3.8) is 0 Å². The van der Waals surface area contributed by atoms with Gasteiger partial charge in [0.1, 0.15) is 12.4 Å². The Bertz CT molecular complexity index is 1120. The van der Waals surface area contributed by atoms with Crippen LogP contribution in [-0.4, -0.2) is 37.5 Å². The topological polar surface area (TPSA) is 55.8 Å². The normalized spacial score (nSPS) is 11.1. The van der Waals surface area contributed by atoms with Crippen molar-refractivity contribution in [1.82, 2.24) is 4.90 Å². The second-order valence-corrected chi connectivity index (χ2v) is 8.15. The molecule has 176 valence electrons. The van der Waals surface area contributed by atoms with Crippen LogP contribution in [0, 0.1) is 0 Å². The van der Waals surface area contributed by atoms with Crippen molar-refractivity contribution < 1.29 is 19.1 Å². The van der Waals surface area contributed by atoms with Gasteiger partial charge in [0.05, 0.1) is 7.11 Å². The maximum absolute atomic E-state index is 13.0. The SMILES string of the molecule is COC(=O)CC/C(C)=C/COc1ccccc1CN(C)C(=O)c1ccc(-c2ccccc2)cc1. The third-order valence-corrected chi connectivity index (χ3v) is 5.59. The Morgan fingerprint density at radius 3 is 2.21 bits per heavy atom. The molecule has 0 radical (unpaired) electrons. The summed E-state index contributed by atoms with van der Waals surface area (Å²) in [4.78, 5) is 26.0. The van der Waals surface area contributed by atoms with E-state index in [1.54, 1.807) is 11.9 Å². The smallest absolute Gasteiger partial charge is 0.305 e. The van der Waals surface area contributed by atoms with Crippen LogP contribution in [0.15, 0.2) is 90.5 Å². The van der Waals surface area contributed by atoms with Crippen molar-refractivity contribution in [2.24, 2.45) is 0 Å². The molecule has 0 aromatic heterocycles. The second kappa shape index (κ2) is 12.4. The number of carbonyl (C=O) groups excluding carboxylic acids is 2. The fraction of sp³-hybridized carbons (Fsp3) is 0.241. The monoisotopic (exact) mass is 457 g/mol. The molecule has 1 amide bonds. The standard InChI is InChI=1S/C29H31NO4/c1-22(13-18-28(31)33-3)19-20-34-27-12-8-7-11-26(27)21-30(2)29(32)25-16-14-24(15-17-25)23-9-5-4-6-10-23/h4-12,14-17,19H,13,18,20-21H2,1-3H3/b22-19+. The number of allylic oxidation sites excluding steroid dienone is 1. The van der Waals surface area contributed by atoms with Gasteiger partial charge in [0.2, 0.25) is 0 Å². The van der Waals surface area contributed by atoms with Gasteiger partial charge in [-0.15, -0.1) is 0 Å². The fourth-order valence-electron chi connectivity index (χ4n) is 3.54. The van der Waals surface area contributed by atoms with Gasteiger partial charge in [0.15, 0.2) is 0 Å². The number of carbonyl (C=O) groups is 2. The molecule has 5 nitrogen and oxygen atoms in total. The molecular formula is C29H31NO4. The zero-order chi connectivity index (χ0) is 24.3. The van der Waals surface area contributed by atoms with E-state index >= 15 is 0 Å². The summed E-state index contributed by atoms with van der Waals surface area (Å²) < 4.78 is 10.6. The predicted octanol–water partition coefficient (Wildman–Crippen LogP) is 5.90. The molecule has 5 heteroatoms. The number of hydrogen-bond acceptors (Lipinski definition) is 4. The summed E-state index contributed by atoms with van der Waals surface area (Å²) in [7, 11) is 3.18. The van der Waals surface area contributed by atoms with Crippen LogP contribution in [0.3, 0.4) is 0 Å². The third kappa shape index (κ3) is 7.07. The number of amides is 1. The van der Waals surface area contributed by atoms with Gasteiger partial charge in [-0.25, -0.2) is 0 Å². The summed E-state index contributed by atoms with van der Waals surface area (Å²) in [6.07, 6.45) is 2.95. The number of benzene rings is 3. The van der Waals surface area contributed by atoms with E-state index in [9.17, 15) is 9.59 Å². The first kappa shape index (κ1) is 24.8. The lowest BCUT2D eigenvalue weighted by atomic mass is 10.0. The van der Waals surface area contributed by atoms with Crippen LogP contribution >= 0.6 is 0 Å². The lowest BCUT2D eigenvalue weighted by molar-refractivity contribution is -0.140. The Hall–Kier alpha value is -3.86. The highest BCUT2D eigenvalue weighted by molar-refractivity contribution is 5.94. The van der Waals surface area contributed by atoms with Crippen molar-refractivity contribution >= 4 is 11.9 Å². The minimum absolute atomic E-state index is 0.0482. The maximum atomic E-state index is 13.0. The number of nitrogens with zero attached hydrogens (tertiary/aromatic N) is 1. The summed E-state index contributed by atoms with van der Waals surface area (Å²) >= 11 is 0. The Balaban J connectivity index is 1.60. The molecule has 0 aliphatic rings. The molecule has 0 unspecified atom stereocenters. The van der Waals surface area contributed by atoms with Crippen LogP contribution in [0.2, 0.25) is 0 Å². The average Bonchev–Trinajstić information content (AvgIpc) is 2.88. The number of methoxy groups -OCH3 is 1. The summed E-state index contributed by atoms with van der Waals surface area (Å²) in [5.41, 5.74) is 4.84. The van der Waals surface area contributed by atoms with Crippen LogP contribution in [0.4, 0.5) is 0 Å². The molecule has 0 heterocycles. The molecule has 3 aromatic rings. The van der Waals surface area contributed by atoms with E-state index in [0.717, 1.165) is 28.0 Å². The second-order valence-electron chi connectivity index (χ2n) is 8.15. The van der Waals surface area contributed by atoms with E-state index < -0.39 is 0 Å². The first-order valence-corrected chi connectivity index (χ1v) is 11.3. The average molecular weight is 458 g/mol. The number of para-hydroxylation sites is 1. The van der Waals surface area contributed by atoms with Gasteiger partial charge in [-0.2, -0.15) is 0 Å². The number of ether oxygens (including phenoxy) is 2. The minimum Gasteiger partial charge on any atom is -0.489 e. The van der Waals surface area contributed by atoms with E-state index in [2.05, 4.69) is 16.9 Å². The maximum Gasteiger partial charge on any atom is 0.305 e. The highest BCUT2D eigenvalue weighted by Gasteiger charge is 2.14. The molecular weight excluding hydrogens is 426 g/mol. The zero-order valence-electron chi connectivity index (χ0n) is 20.0. The molecule has 0 fully saturated rings. The van der Waals surface area contributed by atoms with E-state index in [-0.39, 0.29) is 11.9 Å². The Labute approximate surface area is 201 Å². The molecule has 0 bridgehead atoms. The molecule has 3 rings (SSSR count). The quantitative estimate of drug-likeness (QED) is 0.281. The largest absolute Gasteiger partial charge is 0.489 e. The van der Waals surface area contributed by atoms with Gasteiger partial charge >= 0.3 is 5.97 Å². The molecule has 0 saturated heterocycles. The fourth-order valence-corrected chi connectivity index (χ4v) is 3.54. The van der Waals surface area contributed by atoms with E-state index in [4.69, 9.17) is 4.74 Å². The number of esters is 1. The summed E-state index contributed by atoms with van der Waals surface area (Å²) in [6, 6.07) is 25.5. The summed E-state index contributed by atoms with van der Waals surface area (Å²) in [5, 5.41) is 0. The number of hydrogen-bond donors (Lipinski definition) is 0. The lowest BCUT2D eigenvalue weighted by Crippen LogP contribution is -2.26. The van der Waals surface area contributed by atoms with Gasteiger partial charge in [-0.1, -0.05) is 66.2 Å². The van der Waals surface area contributed by atoms with Gasteiger partial charge in [0, 0.05) is 31.1 Å². The van der Waals surface area contributed by atoms with Gasteiger partial charge in [-0.05, 0) is 48.7 Å². The lowest BCUT2D eigenvalue weighted by Gasteiger charge is -2.19. The van der Waals surface area contributed by atoms with E-state index in [1.165, 1.54) is 7.11 Å². The highest BCUT2D eigenvalue weighted by atomic mass is 16.5. The molecule has 0 aliphatic carbocycles. The van der Waals surface area contributed by atoms with Crippen LogP contribution in [0.25, 0.3) is 11.1 Å². The molecule has 34 heavy (non-hydrogen) atoms. The van der Waals surface area contributed by atoms with Crippen molar-refractivity contribution in [3.8, 4) is 16.9 Å². The summed E-state index contributed by atoms with van der Waals surface area (Å²) in [5.74, 6) is 0.466. The Morgan fingerprint density at radius 2 is 1.50 bits per heavy atom. The van der Waals surface area contributed by atoms with Crippen molar-refractivity contribution in [2.45, 2.75) is 26.3 Å². The third-order valence-electron chi connectivity index (χ3n) is 5.59. The summed E-state index contributed by atoms with van der Waals surface area (Å²) in [6.45, 7) is 2.79. The van der Waals surface area contributed by atoms with Crippen LogP contribution in [-0.2, 0) is 16.1 Å². The van der Waals surface area contributed by atoms with Crippen molar-refractivity contribution in [1.29, 1.82) is 0 Å². The molecule has 0 N–H and O–H groups in total. The molecule has 0 atom stereocenters. The molecule has 3 aromatic carbocycles. The van der Waals surface area contributed by atoms with E-state index in [0.29, 0.717) is 31.6 Å². The number of rotatable bonds is 10. The van der Waals surface area contributed by atoms with Crippen LogP contribution in [0.1, 0.15) is 35.7 Å². The van der Waals surface area contributed by atoms with Gasteiger partial charge < -0.3 is 14.4 Å². The van der Waals surface area contributed by atoms with Gasteiger partial charge in [-0.3, -0.25) is 9.59 Å². The Morgan fingerprint density at radius 1 is 0.853 bits per heavy atom. The minimum atomic E-state index is -0.221. The van der Waals surface area contributed by atoms with Crippen LogP contribution < -0.4 is 4.74 Å². The van der Waals surface area contributed by atoms with Crippen molar-refractivity contribution in [3.05, 3.63) is 102 Å².